The Morgan fingerprint density at radius 1 is 1.29 bits per heavy atom. The van der Waals surface area contributed by atoms with E-state index in [0.29, 0.717) is 23.8 Å². The molecule has 0 saturated carbocycles. The molecule has 1 aliphatic heterocycles. The lowest BCUT2D eigenvalue weighted by Gasteiger charge is -2.27. The van der Waals surface area contributed by atoms with Crippen LogP contribution in [-0.4, -0.2) is 46.1 Å². The van der Waals surface area contributed by atoms with Gasteiger partial charge in [0.15, 0.2) is 0 Å². The van der Waals surface area contributed by atoms with Gasteiger partial charge < -0.3 is 15.0 Å². The number of halogens is 1. The van der Waals surface area contributed by atoms with Crippen molar-refractivity contribution in [3.63, 3.8) is 0 Å². The van der Waals surface area contributed by atoms with Gasteiger partial charge in [0.2, 0.25) is 0 Å². The minimum atomic E-state index is -0.566. The molecule has 0 radical (unpaired) electrons. The zero-order valence-electron chi connectivity index (χ0n) is 16.5. The molecular formula is C20H25BrN4O3. The van der Waals surface area contributed by atoms with Crippen molar-refractivity contribution < 1.29 is 14.3 Å². The van der Waals surface area contributed by atoms with Gasteiger partial charge in [-0.05, 0) is 45.7 Å². The first-order valence-corrected chi connectivity index (χ1v) is 10.1. The topological polar surface area (TPSA) is 87.3 Å². The summed E-state index contributed by atoms with van der Waals surface area (Å²) in [5, 5.41) is 2.65. The number of rotatable bonds is 3. The zero-order chi connectivity index (χ0) is 20.5. The van der Waals surface area contributed by atoms with E-state index in [0.717, 1.165) is 22.9 Å². The van der Waals surface area contributed by atoms with Crippen molar-refractivity contribution in [2.24, 2.45) is 0 Å². The highest BCUT2D eigenvalue weighted by Crippen LogP contribution is 2.34. The number of nitrogens with zero attached hydrogens (tertiary/aromatic N) is 2. The third kappa shape index (κ3) is 4.38. The van der Waals surface area contributed by atoms with Gasteiger partial charge in [0.05, 0.1) is 6.04 Å². The van der Waals surface area contributed by atoms with E-state index in [1.165, 1.54) is 0 Å². The normalized spacial score (nSPS) is 16.9. The average molecular weight is 449 g/mol. The first kappa shape index (κ1) is 20.4. The highest BCUT2D eigenvalue weighted by molar-refractivity contribution is 9.10. The Labute approximate surface area is 173 Å². The number of aromatic amines is 1. The van der Waals surface area contributed by atoms with Gasteiger partial charge in [0, 0.05) is 23.6 Å². The van der Waals surface area contributed by atoms with Gasteiger partial charge in [-0.3, -0.25) is 9.69 Å². The molecule has 2 aromatic rings. The van der Waals surface area contributed by atoms with Crippen molar-refractivity contribution in [2.45, 2.75) is 45.3 Å². The Morgan fingerprint density at radius 2 is 1.96 bits per heavy atom. The number of amides is 2. The molecule has 0 spiro atoms. The molecule has 150 valence electrons. The maximum atomic E-state index is 12.6. The van der Waals surface area contributed by atoms with Crippen molar-refractivity contribution >= 4 is 27.9 Å². The molecule has 2 amide bonds. The summed E-state index contributed by atoms with van der Waals surface area (Å²) in [5.41, 5.74) is 1.21. The predicted molar refractivity (Wildman–Crippen MR) is 110 cm³/mol. The predicted octanol–water partition coefficient (Wildman–Crippen LogP) is 4.27. The molecule has 3 rings (SSSR count). The van der Waals surface area contributed by atoms with Crippen LogP contribution in [0.2, 0.25) is 0 Å². The molecule has 1 aromatic carbocycles. The number of imidazole rings is 1. The van der Waals surface area contributed by atoms with Gasteiger partial charge in [-0.25, -0.2) is 9.78 Å². The molecule has 1 aliphatic rings. The maximum absolute atomic E-state index is 12.6. The molecule has 1 aromatic heterocycles. The van der Waals surface area contributed by atoms with Crippen molar-refractivity contribution in [3.8, 4) is 11.3 Å². The Hall–Kier alpha value is -2.35. The molecule has 1 atom stereocenters. The van der Waals surface area contributed by atoms with Crippen LogP contribution in [0.4, 0.5) is 4.79 Å². The van der Waals surface area contributed by atoms with Crippen molar-refractivity contribution in [1.29, 1.82) is 0 Å². The number of hydrogen-bond donors (Lipinski definition) is 2. The van der Waals surface area contributed by atoms with Crippen molar-refractivity contribution in [2.75, 3.05) is 13.6 Å². The minimum absolute atomic E-state index is 0.248. The van der Waals surface area contributed by atoms with Gasteiger partial charge >= 0.3 is 6.09 Å². The van der Waals surface area contributed by atoms with E-state index < -0.39 is 5.60 Å². The zero-order valence-corrected chi connectivity index (χ0v) is 18.1. The highest BCUT2D eigenvalue weighted by Gasteiger charge is 2.36. The number of carbonyl (C=O) groups excluding carboxylic acids is 2. The van der Waals surface area contributed by atoms with Crippen LogP contribution in [0, 0.1) is 0 Å². The molecule has 1 saturated heterocycles. The lowest BCUT2D eigenvalue weighted by Crippen LogP contribution is -2.36. The van der Waals surface area contributed by atoms with Crippen molar-refractivity contribution in [3.05, 3.63) is 40.3 Å². The molecule has 7 nitrogen and oxygen atoms in total. The van der Waals surface area contributed by atoms with Gasteiger partial charge in [-0.2, -0.15) is 0 Å². The molecule has 2 N–H and O–H groups in total. The van der Waals surface area contributed by atoms with E-state index in [4.69, 9.17) is 9.72 Å². The quantitative estimate of drug-likeness (QED) is 0.733. The second kappa shape index (κ2) is 7.95. The molecular weight excluding hydrogens is 424 g/mol. The summed E-state index contributed by atoms with van der Waals surface area (Å²) in [7, 11) is 1.58. The van der Waals surface area contributed by atoms with Crippen LogP contribution < -0.4 is 5.32 Å². The van der Waals surface area contributed by atoms with Gasteiger partial charge in [0.25, 0.3) is 5.91 Å². The minimum Gasteiger partial charge on any atom is -0.444 e. The molecule has 2 heterocycles. The summed E-state index contributed by atoms with van der Waals surface area (Å²) in [6.07, 6.45) is 1.26. The molecule has 28 heavy (non-hydrogen) atoms. The second-order valence-electron chi connectivity index (χ2n) is 7.76. The van der Waals surface area contributed by atoms with Gasteiger partial charge in [0.1, 0.15) is 22.8 Å². The number of carbonyl (C=O) groups is 2. The largest absolute Gasteiger partial charge is 0.444 e. The smallest absolute Gasteiger partial charge is 0.410 e. The second-order valence-corrected chi connectivity index (χ2v) is 8.68. The molecule has 0 unspecified atom stereocenters. The van der Waals surface area contributed by atoms with Crippen LogP contribution in [0.1, 0.15) is 56.0 Å². The number of benzene rings is 1. The van der Waals surface area contributed by atoms with Crippen LogP contribution in [0.15, 0.2) is 28.7 Å². The SMILES string of the molecule is CNC(=O)c1[nH]c([C@@H]2CCCN2C(=O)OC(C)(C)C)nc1-c1ccc(Br)cc1. The summed E-state index contributed by atoms with van der Waals surface area (Å²) < 4.78 is 6.48. The maximum Gasteiger partial charge on any atom is 0.410 e. The first-order chi connectivity index (χ1) is 13.2. The Bertz CT molecular complexity index is 871. The van der Waals surface area contributed by atoms with E-state index >= 15 is 0 Å². The van der Waals surface area contributed by atoms with Crippen LogP contribution >= 0.6 is 15.9 Å². The number of aromatic nitrogens is 2. The Morgan fingerprint density at radius 3 is 2.57 bits per heavy atom. The fourth-order valence-corrected chi connectivity index (χ4v) is 3.51. The van der Waals surface area contributed by atoms with Crippen molar-refractivity contribution in [1.82, 2.24) is 20.2 Å². The lowest BCUT2D eigenvalue weighted by molar-refractivity contribution is 0.0218. The lowest BCUT2D eigenvalue weighted by atomic mass is 10.1. The molecule has 0 aliphatic carbocycles. The van der Waals surface area contributed by atoms with Crippen LogP contribution in [0.3, 0.4) is 0 Å². The Balaban J connectivity index is 1.96. The summed E-state index contributed by atoms with van der Waals surface area (Å²) in [6.45, 7) is 6.14. The number of H-pyrrole nitrogens is 1. The average Bonchev–Trinajstić information content (AvgIpc) is 3.27. The standard InChI is InChI=1S/C20H25BrN4O3/c1-20(2,3)28-19(27)25-11-5-6-14(25)17-23-15(16(24-17)18(26)22-4)12-7-9-13(21)10-8-12/h7-10,14H,5-6,11H2,1-4H3,(H,22,26)(H,23,24)/t14-/m0/s1. The first-order valence-electron chi connectivity index (χ1n) is 9.27. The highest BCUT2D eigenvalue weighted by atomic mass is 79.9. The van der Waals surface area contributed by atoms with Crippen LogP contribution in [0.25, 0.3) is 11.3 Å². The summed E-state index contributed by atoms with van der Waals surface area (Å²) >= 11 is 3.42. The Kier molecular flexibility index (Phi) is 5.79. The van der Waals surface area contributed by atoms with Gasteiger partial charge in [-0.15, -0.1) is 0 Å². The summed E-state index contributed by atoms with van der Waals surface area (Å²) in [4.78, 5) is 34.6. The third-order valence-electron chi connectivity index (χ3n) is 4.49. The number of nitrogens with one attached hydrogen (secondary N) is 2. The summed E-state index contributed by atoms with van der Waals surface area (Å²) in [5.74, 6) is 0.346. The van der Waals surface area contributed by atoms with E-state index in [1.807, 2.05) is 45.0 Å². The van der Waals surface area contributed by atoms with Crippen LogP contribution in [-0.2, 0) is 4.74 Å². The monoisotopic (exact) mass is 448 g/mol. The fraction of sp³-hybridized carbons (Fsp3) is 0.450. The molecule has 8 heteroatoms. The number of ether oxygens (including phenoxy) is 1. The van der Waals surface area contributed by atoms with E-state index in [-0.39, 0.29) is 18.0 Å². The van der Waals surface area contributed by atoms with Crippen LogP contribution in [0.5, 0.6) is 0 Å². The third-order valence-corrected chi connectivity index (χ3v) is 5.02. The number of likely N-dealkylation sites (tertiary alicyclic amines) is 1. The van der Waals surface area contributed by atoms with E-state index in [2.05, 4.69) is 26.2 Å². The summed E-state index contributed by atoms with van der Waals surface area (Å²) in [6, 6.07) is 7.36. The molecule has 1 fully saturated rings. The molecule has 0 bridgehead atoms. The number of hydrogen-bond acceptors (Lipinski definition) is 4. The van der Waals surface area contributed by atoms with E-state index in [1.54, 1.807) is 11.9 Å². The fourth-order valence-electron chi connectivity index (χ4n) is 3.25. The van der Waals surface area contributed by atoms with E-state index in [9.17, 15) is 9.59 Å². The van der Waals surface area contributed by atoms with Gasteiger partial charge in [-0.1, -0.05) is 28.1 Å².